The summed E-state index contributed by atoms with van der Waals surface area (Å²) < 4.78 is 40.0. The van der Waals surface area contributed by atoms with Crippen LogP contribution < -0.4 is 15.5 Å². The van der Waals surface area contributed by atoms with E-state index < -0.39 is 12.0 Å². The first-order valence-electron chi connectivity index (χ1n) is 13.2. The Bertz CT molecular complexity index is 1330. The number of carbonyl (C=O) groups is 1. The summed E-state index contributed by atoms with van der Waals surface area (Å²) in [6.45, 7) is 0.452. The number of amides is 2. The minimum absolute atomic E-state index is 0.00508. The molecule has 3 aliphatic rings. The predicted octanol–water partition coefficient (Wildman–Crippen LogP) is 3.40. The van der Waals surface area contributed by atoms with Crippen molar-refractivity contribution in [3.8, 4) is 0 Å². The second-order valence-corrected chi connectivity index (χ2v) is 10.4. The second-order valence-electron chi connectivity index (χ2n) is 10.4. The highest BCUT2D eigenvalue weighted by Crippen LogP contribution is 2.39. The molecule has 0 radical (unpaired) electrons. The van der Waals surface area contributed by atoms with Crippen molar-refractivity contribution in [1.82, 2.24) is 45.1 Å². The van der Waals surface area contributed by atoms with Crippen LogP contribution >= 0.6 is 0 Å². The number of aromatic nitrogens is 7. The first kappa shape index (κ1) is 25.4. The zero-order valence-electron chi connectivity index (χ0n) is 21.4. The van der Waals surface area contributed by atoms with Gasteiger partial charge in [-0.1, -0.05) is 0 Å². The van der Waals surface area contributed by atoms with Gasteiger partial charge in [0.15, 0.2) is 5.82 Å². The Kier molecular flexibility index (Phi) is 6.51. The maximum Gasteiger partial charge on any atom is 0.453 e. The number of nitrogens with one attached hydrogen (secondary N) is 3. The SMILES string of the molecule is CN(c1nccc(Nc2cc(C3CC3)[nH]n2)n1)C1CCC(NC(=O)N2CCn3nc(C(F)(F)F)nc3C2)CC1. The first-order chi connectivity index (χ1) is 18.7. The molecule has 0 unspecified atom stereocenters. The predicted molar refractivity (Wildman–Crippen MR) is 134 cm³/mol. The number of urea groups is 1. The number of aromatic amines is 1. The third-order valence-electron chi connectivity index (χ3n) is 7.60. The Hall–Kier alpha value is -3.91. The summed E-state index contributed by atoms with van der Waals surface area (Å²) in [5, 5.41) is 17.2. The molecule has 2 fully saturated rings. The lowest BCUT2D eigenvalue weighted by molar-refractivity contribution is -0.145. The molecule has 2 amide bonds. The van der Waals surface area contributed by atoms with Gasteiger partial charge >= 0.3 is 12.2 Å². The number of hydrogen-bond donors (Lipinski definition) is 3. The molecule has 3 N–H and O–H groups in total. The van der Waals surface area contributed by atoms with Crippen LogP contribution in [-0.4, -0.2) is 71.5 Å². The molecule has 15 heteroatoms. The van der Waals surface area contributed by atoms with Crippen molar-refractivity contribution in [2.24, 2.45) is 0 Å². The summed E-state index contributed by atoms with van der Waals surface area (Å²) in [6.07, 6.45) is 2.75. The van der Waals surface area contributed by atoms with Crippen molar-refractivity contribution in [3.05, 3.63) is 35.7 Å². The number of carbonyl (C=O) groups excluding carboxylic acids is 1. The molecule has 2 aliphatic carbocycles. The van der Waals surface area contributed by atoms with Gasteiger partial charge in [0.25, 0.3) is 5.82 Å². The molecule has 0 atom stereocenters. The van der Waals surface area contributed by atoms with Crippen molar-refractivity contribution in [3.63, 3.8) is 0 Å². The smallest absolute Gasteiger partial charge is 0.341 e. The topological polar surface area (TPSA) is 133 Å². The Morgan fingerprint density at radius 3 is 2.64 bits per heavy atom. The Labute approximate surface area is 222 Å². The molecule has 0 bridgehead atoms. The number of rotatable bonds is 6. The van der Waals surface area contributed by atoms with Crippen LogP contribution in [0.25, 0.3) is 0 Å². The minimum atomic E-state index is -4.61. The molecule has 2 saturated carbocycles. The summed E-state index contributed by atoms with van der Waals surface area (Å²) in [5.74, 6) is 1.57. The van der Waals surface area contributed by atoms with E-state index in [1.54, 1.807) is 6.20 Å². The van der Waals surface area contributed by atoms with E-state index in [1.807, 2.05) is 19.2 Å². The number of H-pyrrole nitrogens is 1. The van der Waals surface area contributed by atoms with Crippen molar-refractivity contribution in [1.29, 1.82) is 0 Å². The molecule has 6 rings (SSSR count). The van der Waals surface area contributed by atoms with Crippen LogP contribution in [0.5, 0.6) is 0 Å². The van der Waals surface area contributed by atoms with Gasteiger partial charge in [-0.3, -0.25) is 5.10 Å². The average Bonchev–Trinajstić information content (AvgIpc) is 3.50. The van der Waals surface area contributed by atoms with Crippen LogP contribution in [0.15, 0.2) is 18.3 Å². The van der Waals surface area contributed by atoms with Crippen molar-refractivity contribution < 1.29 is 18.0 Å². The maximum absolute atomic E-state index is 12.9. The van der Waals surface area contributed by atoms with E-state index in [2.05, 4.69) is 45.8 Å². The van der Waals surface area contributed by atoms with Crippen LogP contribution in [0.1, 0.15) is 61.8 Å². The maximum atomic E-state index is 12.9. The summed E-state index contributed by atoms with van der Waals surface area (Å²) in [6, 6.07) is 3.74. The molecular formula is C24H30F3N11O. The van der Waals surface area contributed by atoms with Crippen molar-refractivity contribution in [2.45, 2.75) is 75.8 Å². The largest absolute Gasteiger partial charge is 0.453 e. The number of nitrogens with zero attached hydrogens (tertiary/aromatic N) is 8. The lowest BCUT2D eigenvalue weighted by Gasteiger charge is -2.36. The van der Waals surface area contributed by atoms with Gasteiger partial charge in [0.05, 0.1) is 13.1 Å². The normalized spacial score (nSPS) is 21.4. The zero-order valence-corrected chi connectivity index (χ0v) is 21.4. The van der Waals surface area contributed by atoms with Gasteiger partial charge in [0, 0.05) is 49.6 Å². The fraction of sp³-hybridized carbons (Fsp3) is 0.583. The summed E-state index contributed by atoms with van der Waals surface area (Å²) in [5.41, 5.74) is 1.15. The lowest BCUT2D eigenvalue weighted by atomic mass is 9.90. The average molecular weight is 546 g/mol. The molecule has 1 aliphatic heterocycles. The van der Waals surface area contributed by atoms with Gasteiger partial charge in [-0.2, -0.15) is 23.3 Å². The van der Waals surface area contributed by atoms with E-state index in [-0.39, 0.29) is 43.6 Å². The monoisotopic (exact) mass is 545 g/mol. The number of anilines is 3. The van der Waals surface area contributed by atoms with E-state index in [0.717, 1.165) is 37.2 Å². The molecule has 3 aromatic rings. The molecule has 4 heterocycles. The van der Waals surface area contributed by atoms with Crippen molar-refractivity contribution in [2.75, 3.05) is 23.8 Å². The van der Waals surface area contributed by atoms with Gasteiger partial charge < -0.3 is 20.4 Å². The van der Waals surface area contributed by atoms with Gasteiger partial charge in [0.2, 0.25) is 5.95 Å². The highest BCUT2D eigenvalue weighted by Gasteiger charge is 2.38. The highest BCUT2D eigenvalue weighted by atomic mass is 19.4. The van der Waals surface area contributed by atoms with Crippen molar-refractivity contribution >= 4 is 23.6 Å². The molecule has 39 heavy (non-hydrogen) atoms. The number of halogens is 3. The number of hydrogen-bond acceptors (Lipinski definition) is 8. The molecule has 208 valence electrons. The third kappa shape index (κ3) is 5.61. The van der Waals surface area contributed by atoms with Gasteiger partial charge in [-0.15, -0.1) is 5.10 Å². The van der Waals surface area contributed by atoms with E-state index in [1.165, 1.54) is 22.4 Å². The molecule has 0 aromatic carbocycles. The van der Waals surface area contributed by atoms with Gasteiger partial charge in [-0.05, 0) is 44.6 Å². The fourth-order valence-electron chi connectivity index (χ4n) is 5.19. The Balaban J connectivity index is 0.996. The standard InChI is InChI=1S/C24H30F3N11O/c1-36(22-28-9-8-18(31-22)30-19-12-17(33-34-19)14-2-3-14)16-6-4-15(5-7-16)29-23(39)37-10-11-38-20(13-37)32-21(35-38)24(25,26)27/h8-9,12,14-16H,2-7,10-11,13H2,1H3,(H,29,39)(H2,28,30,31,33,34). The van der Waals surface area contributed by atoms with E-state index >= 15 is 0 Å². The molecule has 3 aromatic heterocycles. The van der Waals surface area contributed by atoms with Crippen LogP contribution in [-0.2, 0) is 19.3 Å². The van der Waals surface area contributed by atoms with Crippen LogP contribution in [0.2, 0.25) is 0 Å². The number of alkyl halides is 3. The summed E-state index contributed by atoms with van der Waals surface area (Å²) in [7, 11) is 1.97. The molecule has 12 nitrogen and oxygen atoms in total. The third-order valence-corrected chi connectivity index (χ3v) is 7.60. The van der Waals surface area contributed by atoms with E-state index in [4.69, 9.17) is 0 Å². The van der Waals surface area contributed by atoms with Crippen LogP contribution in [0.3, 0.4) is 0 Å². The fourth-order valence-corrected chi connectivity index (χ4v) is 5.19. The zero-order chi connectivity index (χ0) is 27.1. The first-order valence-corrected chi connectivity index (χ1v) is 13.2. The Morgan fingerprint density at radius 2 is 1.90 bits per heavy atom. The quantitative estimate of drug-likeness (QED) is 0.429. The molecule has 0 spiro atoms. The highest BCUT2D eigenvalue weighted by molar-refractivity contribution is 5.74. The molecule has 0 saturated heterocycles. The van der Waals surface area contributed by atoms with Gasteiger partial charge in [0.1, 0.15) is 11.6 Å². The number of fused-ring (bicyclic) bond motifs is 1. The van der Waals surface area contributed by atoms with Crippen LogP contribution in [0, 0.1) is 0 Å². The minimum Gasteiger partial charge on any atom is -0.341 e. The van der Waals surface area contributed by atoms with Gasteiger partial charge in [-0.25, -0.2) is 19.4 Å². The molecular weight excluding hydrogens is 515 g/mol. The summed E-state index contributed by atoms with van der Waals surface area (Å²) >= 11 is 0. The Morgan fingerprint density at radius 1 is 1.10 bits per heavy atom. The van der Waals surface area contributed by atoms with E-state index in [0.29, 0.717) is 17.7 Å². The summed E-state index contributed by atoms with van der Waals surface area (Å²) in [4.78, 5) is 29.1. The van der Waals surface area contributed by atoms with E-state index in [9.17, 15) is 18.0 Å². The lowest BCUT2D eigenvalue weighted by Crippen LogP contribution is -2.49. The second kappa shape index (κ2) is 10.0. The van der Waals surface area contributed by atoms with Crippen LogP contribution in [0.4, 0.5) is 35.5 Å².